The number of rotatable bonds is 4. The third-order valence-corrected chi connectivity index (χ3v) is 3.50. The molecule has 0 atom stereocenters. The van der Waals surface area contributed by atoms with Crippen molar-refractivity contribution in [3.8, 4) is 6.07 Å². The standard InChI is InChI=1S/C14H15N5O/c15-6-1-7-19(10-3-4-10)14(20)13-11-8-9(16)2-5-12(11)17-18-13/h2,5,8,10H,1,3-4,7,16H2,(H,17,18). The second kappa shape index (κ2) is 4.85. The van der Waals surface area contributed by atoms with Gasteiger partial charge in [0.15, 0.2) is 5.69 Å². The Balaban J connectivity index is 1.94. The molecule has 0 unspecified atom stereocenters. The number of nitrogens with one attached hydrogen (secondary N) is 1. The van der Waals surface area contributed by atoms with E-state index in [2.05, 4.69) is 16.3 Å². The number of nitrogens with two attached hydrogens (primary N) is 1. The highest BCUT2D eigenvalue weighted by Gasteiger charge is 2.34. The highest BCUT2D eigenvalue weighted by Crippen LogP contribution is 2.29. The third-order valence-electron chi connectivity index (χ3n) is 3.50. The molecule has 1 fully saturated rings. The largest absolute Gasteiger partial charge is 0.399 e. The van der Waals surface area contributed by atoms with Crippen molar-refractivity contribution in [3.05, 3.63) is 23.9 Å². The minimum absolute atomic E-state index is 0.125. The average Bonchev–Trinajstić information content (AvgIpc) is 3.18. The molecule has 1 heterocycles. The number of carbonyl (C=O) groups excluding carboxylic acids is 1. The first-order valence-electron chi connectivity index (χ1n) is 6.62. The van der Waals surface area contributed by atoms with Crippen molar-refractivity contribution in [1.82, 2.24) is 15.1 Å². The maximum atomic E-state index is 12.6. The number of carbonyl (C=O) groups is 1. The van der Waals surface area contributed by atoms with Crippen LogP contribution in [-0.4, -0.2) is 33.6 Å². The molecule has 6 nitrogen and oxygen atoms in total. The molecule has 3 N–H and O–H groups in total. The smallest absolute Gasteiger partial charge is 0.275 e. The zero-order valence-corrected chi connectivity index (χ0v) is 11.0. The molecule has 1 aromatic heterocycles. The van der Waals surface area contributed by atoms with Crippen molar-refractivity contribution in [1.29, 1.82) is 5.26 Å². The Hall–Kier alpha value is -2.55. The molecule has 6 heteroatoms. The molecule has 1 amide bonds. The summed E-state index contributed by atoms with van der Waals surface area (Å²) in [4.78, 5) is 14.4. The summed E-state index contributed by atoms with van der Waals surface area (Å²) in [6.07, 6.45) is 2.34. The summed E-state index contributed by atoms with van der Waals surface area (Å²) < 4.78 is 0. The van der Waals surface area contributed by atoms with Gasteiger partial charge in [-0.15, -0.1) is 0 Å². The fourth-order valence-electron chi connectivity index (χ4n) is 2.34. The van der Waals surface area contributed by atoms with Gasteiger partial charge in [0.1, 0.15) is 0 Å². The highest BCUT2D eigenvalue weighted by molar-refractivity contribution is 6.05. The van der Waals surface area contributed by atoms with Gasteiger partial charge in [0, 0.05) is 23.7 Å². The molecular formula is C14H15N5O. The summed E-state index contributed by atoms with van der Waals surface area (Å²) in [5, 5.41) is 16.4. The summed E-state index contributed by atoms with van der Waals surface area (Å²) >= 11 is 0. The Bertz CT molecular complexity index is 695. The summed E-state index contributed by atoms with van der Waals surface area (Å²) in [5.74, 6) is -0.125. The van der Waals surface area contributed by atoms with Gasteiger partial charge in [-0.3, -0.25) is 9.89 Å². The molecule has 0 bridgehead atoms. The number of nitrogens with zero attached hydrogens (tertiary/aromatic N) is 3. The van der Waals surface area contributed by atoms with Crippen LogP contribution >= 0.6 is 0 Å². The van der Waals surface area contributed by atoms with Crippen LogP contribution in [-0.2, 0) is 0 Å². The van der Waals surface area contributed by atoms with E-state index in [0.29, 0.717) is 24.3 Å². The molecule has 3 rings (SSSR count). The average molecular weight is 269 g/mol. The lowest BCUT2D eigenvalue weighted by Crippen LogP contribution is -2.34. The van der Waals surface area contributed by atoms with Crippen molar-refractivity contribution in [2.45, 2.75) is 25.3 Å². The molecule has 1 aliphatic carbocycles. The first kappa shape index (κ1) is 12.5. The van der Waals surface area contributed by atoms with Crippen LogP contribution in [0.2, 0.25) is 0 Å². The van der Waals surface area contributed by atoms with E-state index in [0.717, 1.165) is 23.7 Å². The van der Waals surface area contributed by atoms with Crippen LogP contribution in [0, 0.1) is 11.3 Å². The van der Waals surface area contributed by atoms with Gasteiger partial charge in [-0.05, 0) is 31.0 Å². The molecule has 0 aliphatic heterocycles. The molecular weight excluding hydrogens is 254 g/mol. The lowest BCUT2D eigenvalue weighted by Gasteiger charge is -2.20. The van der Waals surface area contributed by atoms with Gasteiger partial charge < -0.3 is 10.6 Å². The molecule has 102 valence electrons. The second-order valence-electron chi connectivity index (χ2n) is 5.02. The van der Waals surface area contributed by atoms with Crippen molar-refractivity contribution in [2.75, 3.05) is 12.3 Å². The maximum absolute atomic E-state index is 12.6. The number of fused-ring (bicyclic) bond motifs is 1. The molecule has 2 aromatic rings. The van der Waals surface area contributed by atoms with E-state index in [4.69, 9.17) is 11.0 Å². The van der Waals surface area contributed by atoms with Gasteiger partial charge in [0.05, 0.1) is 18.0 Å². The Kier molecular flexibility index (Phi) is 3.03. The van der Waals surface area contributed by atoms with Gasteiger partial charge in [0.25, 0.3) is 5.91 Å². The zero-order valence-electron chi connectivity index (χ0n) is 11.0. The Morgan fingerprint density at radius 2 is 2.35 bits per heavy atom. The third kappa shape index (κ3) is 2.18. The molecule has 0 saturated heterocycles. The molecule has 0 spiro atoms. The van der Waals surface area contributed by atoms with E-state index in [1.165, 1.54) is 0 Å². The van der Waals surface area contributed by atoms with Crippen LogP contribution in [0.25, 0.3) is 10.9 Å². The van der Waals surface area contributed by atoms with Gasteiger partial charge in [0.2, 0.25) is 0 Å². The SMILES string of the molecule is N#CCCN(C(=O)c1n[nH]c2ccc(N)cc12)C1CC1. The highest BCUT2D eigenvalue weighted by atomic mass is 16.2. The normalized spacial score (nSPS) is 14.2. The maximum Gasteiger partial charge on any atom is 0.275 e. The van der Waals surface area contributed by atoms with E-state index in [-0.39, 0.29) is 11.9 Å². The Morgan fingerprint density at radius 1 is 1.55 bits per heavy atom. The van der Waals surface area contributed by atoms with E-state index in [9.17, 15) is 4.79 Å². The van der Waals surface area contributed by atoms with Crippen LogP contribution in [0.4, 0.5) is 5.69 Å². The van der Waals surface area contributed by atoms with Crippen LogP contribution in [0.15, 0.2) is 18.2 Å². The van der Waals surface area contributed by atoms with Crippen LogP contribution in [0.3, 0.4) is 0 Å². The Morgan fingerprint density at radius 3 is 3.05 bits per heavy atom. The number of hydrogen-bond donors (Lipinski definition) is 2. The number of nitrogen functional groups attached to an aromatic ring is 1. The molecule has 1 saturated carbocycles. The van der Waals surface area contributed by atoms with Crippen LogP contribution in [0.5, 0.6) is 0 Å². The fourth-order valence-corrected chi connectivity index (χ4v) is 2.34. The van der Waals surface area contributed by atoms with Crippen molar-refractivity contribution < 1.29 is 4.79 Å². The minimum Gasteiger partial charge on any atom is -0.399 e. The summed E-state index contributed by atoms with van der Waals surface area (Å²) in [7, 11) is 0. The number of H-pyrrole nitrogens is 1. The molecule has 20 heavy (non-hydrogen) atoms. The van der Waals surface area contributed by atoms with Gasteiger partial charge >= 0.3 is 0 Å². The number of benzene rings is 1. The van der Waals surface area contributed by atoms with E-state index in [1.54, 1.807) is 17.0 Å². The summed E-state index contributed by atoms with van der Waals surface area (Å²) in [5.41, 5.74) is 7.55. The van der Waals surface area contributed by atoms with Crippen molar-refractivity contribution in [3.63, 3.8) is 0 Å². The number of hydrogen-bond acceptors (Lipinski definition) is 4. The number of anilines is 1. The molecule has 1 aromatic carbocycles. The number of aromatic nitrogens is 2. The lowest BCUT2D eigenvalue weighted by molar-refractivity contribution is 0.0743. The number of nitriles is 1. The van der Waals surface area contributed by atoms with Gasteiger partial charge in [-0.25, -0.2) is 0 Å². The minimum atomic E-state index is -0.125. The van der Waals surface area contributed by atoms with Crippen LogP contribution in [0.1, 0.15) is 29.8 Å². The zero-order chi connectivity index (χ0) is 14.1. The second-order valence-corrected chi connectivity index (χ2v) is 5.02. The Labute approximate surface area is 116 Å². The van der Waals surface area contributed by atoms with E-state index in [1.807, 2.05) is 6.07 Å². The quantitative estimate of drug-likeness (QED) is 0.824. The van der Waals surface area contributed by atoms with Gasteiger partial charge in [-0.2, -0.15) is 10.4 Å². The van der Waals surface area contributed by atoms with Gasteiger partial charge in [-0.1, -0.05) is 0 Å². The summed E-state index contributed by atoms with van der Waals surface area (Å²) in [6.45, 7) is 0.455. The number of amides is 1. The molecule has 1 aliphatic rings. The van der Waals surface area contributed by atoms with E-state index < -0.39 is 0 Å². The first-order chi connectivity index (χ1) is 9.70. The monoisotopic (exact) mass is 269 g/mol. The molecule has 0 radical (unpaired) electrons. The summed E-state index contributed by atoms with van der Waals surface area (Å²) in [6, 6.07) is 7.67. The predicted molar refractivity (Wildman–Crippen MR) is 74.8 cm³/mol. The lowest BCUT2D eigenvalue weighted by atomic mass is 10.1. The van der Waals surface area contributed by atoms with Crippen molar-refractivity contribution >= 4 is 22.5 Å². The predicted octanol–water partition coefficient (Wildman–Crippen LogP) is 1.66. The van der Waals surface area contributed by atoms with Crippen molar-refractivity contribution in [2.24, 2.45) is 0 Å². The topological polar surface area (TPSA) is 98.8 Å². The fraction of sp³-hybridized carbons (Fsp3) is 0.357. The van der Waals surface area contributed by atoms with Crippen LogP contribution < -0.4 is 5.73 Å². The first-order valence-corrected chi connectivity index (χ1v) is 6.62. The number of aromatic amines is 1. The van der Waals surface area contributed by atoms with E-state index >= 15 is 0 Å².